The summed E-state index contributed by atoms with van der Waals surface area (Å²) in [6.07, 6.45) is -0.535. The molecule has 1 aromatic carbocycles. The van der Waals surface area contributed by atoms with Crippen molar-refractivity contribution in [3.05, 3.63) is 47.8 Å². The van der Waals surface area contributed by atoms with Gasteiger partial charge in [-0.1, -0.05) is 0 Å². The molecule has 1 saturated heterocycles. The molecule has 2 aliphatic heterocycles. The molecule has 30 heavy (non-hydrogen) atoms. The van der Waals surface area contributed by atoms with Crippen LogP contribution in [0, 0.1) is 6.92 Å². The molecule has 0 aliphatic carbocycles. The van der Waals surface area contributed by atoms with Crippen LogP contribution in [0.5, 0.6) is 11.5 Å². The number of carbonyl (C=O) groups excluding carboxylic acids is 1. The first-order valence-electron chi connectivity index (χ1n) is 9.62. The van der Waals surface area contributed by atoms with Crippen molar-refractivity contribution in [1.82, 2.24) is 14.5 Å². The summed E-state index contributed by atoms with van der Waals surface area (Å²) in [5, 5.41) is 0.768. The second-order valence-electron chi connectivity index (χ2n) is 7.54. The summed E-state index contributed by atoms with van der Waals surface area (Å²) < 4.78 is 50.7. The third-order valence-corrected chi connectivity index (χ3v) is 5.46. The van der Waals surface area contributed by atoms with E-state index in [1.165, 1.54) is 18.3 Å². The van der Waals surface area contributed by atoms with Crippen LogP contribution in [-0.2, 0) is 0 Å². The van der Waals surface area contributed by atoms with Crippen LogP contribution in [0.15, 0.2) is 36.7 Å². The number of hydrogen-bond donors (Lipinski definition) is 0. The van der Waals surface area contributed by atoms with Gasteiger partial charge in [0, 0.05) is 36.9 Å². The SMILES string of the molecule is Cc1cn(-c2ccc3c(c2)OC(F)(F)O3)c2ncc(C(=O)N3CCC(F)CC3)cc12. The minimum Gasteiger partial charge on any atom is -0.395 e. The monoisotopic (exact) mass is 417 g/mol. The van der Waals surface area contributed by atoms with Crippen molar-refractivity contribution >= 4 is 16.9 Å². The Bertz CT molecular complexity index is 1150. The summed E-state index contributed by atoms with van der Waals surface area (Å²) in [6, 6.07) is 6.26. The number of ether oxygens (including phenoxy) is 2. The van der Waals surface area contributed by atoms with Crippen LogP contribution in [0.3, 0.4) is 0 Å². The van der Waals surface area contributed by atoms with E-state index in [2.05, 4.69) is 14.5 Å². The Kier molecular flexibility index (Phi) is 4.16. The average molecular weight is 417 g/mol. The standard InChI is InChI=1S/C21H18F3N3O3/c1-12-11-27(15-2-3-17-18(9-15)30-21(23,24)29-17)19-16(12)8-13(10-25-19)20(28)26-6-4-14(22)5-7-26/h2-3,8-11,14H,4-7H2,1H3. The minimum atomic E-state index is -3.68. The number of likely N-dealkylation sites (tertiary alicyclic amines) is 1. The maximum atomic E-state index is 13.4. The van der Waals surface area contributed by atoms with E-state index in [9.17, 15) is 18.0 Å². The highest BCUT2D eigenvalue weighted by atomic mass is 19.3. The van der Waals surface area contributed by atoms with Crippen LogP contribution in [0.2, 0.25) is 0 Å². The van der Waals surface area contributed by atoms with E-state index in [-0.39, 0.29) is 17.4 Å². The minimum absolute atomic E-state index is 0.0326. The van der Waals surface area contributed by atoms with E-state index >= 15 is 0 Å². The predicted molar refractivity (Wildman–Crippen MR) is 102 cm³/mol. The van der Waals surface area contributed by atoms with Crippen molar-refractivity contribution in [3.63, 3.8) is 0 Å². The molecule has 3 aromatic rings. The summed E-state index contributed by atoms with van der Waals surface area (Å²) in [7, 11) is 0. The fourth-order valence-electron chi connectivity index (χ4n) is 3.90. The Morgan fingerprint density at radius 2 is 1.90 bits per heavy atom. The number of amides is 1. The predicted octanol–water partition coefficient (Wildman–Crippen LogP) is 4.23. The van der Waals surface area contributed by atoms with Crippen LogP contribution in [0.25, 0.3) is 16.7 Å². The molecular weight excluding hydrogens is 399 g/mol. The second-order valence-corrected chi connectivity index (χ2v) is 7.54. The van der Waals surface area contributed by atoms with E-state index in [1.54, 1.807) is 21.6 Å². The first kappa shape index (κ1) is 18.8. The Labute approximate surface area is 169 Å². The van der Waals surface area contributed by atoms with Gasteiger partial charge >= 0.3 is 6.29 Å². The van der Waals surface area contributed by atoms with Crippen LogP contribution >= 0.6 is 0 Å². The zero-order valence-corrected chi connectivity index (χ0v) is 16.1. The molecule has 6 nitrogen and oxygen atoms in total. The highest BCUT2D eigenvalue weighted by Gasteiger charge is 2.43. The average Bonchev–Trinajstić information content (AvgIpc) is 3.22. The summed E-state index contributed by atoms with van der Waals surface area (Å²) in [5.74, 6) is -0.261. The zero-order valence-electron chi connectivity index (χ0n) is 16.1. The van der Waals surface area contributed by atoms with Gasteiger partial charge in [0.05, 0.1) is 11.3 Å². The second kappa shape index (κ2) is 6.65. The molecule has 0 bridgehead atoms. The normalized spacial score (nSPS) is 18.2. The molecule has 0 atom stereocenters. The Hall–Kier alpha value is -3.23. The van der Waals surface area contributed by atoms with Gasteiger partial charge in [-0.05, 0) is 43.5 Å². The number of halogens is 3. The van der Waals surface area contributed by atoms with Crippen molar-refractivity contribution in [2.75, 3.05) is 13.1 Å². The molecule has 0 spiro atoms. The molecule has 9 heteroatoms. The van der Waals surface area contributed by atoms with Crippen molar-refractivity contribution in [1.29, 1.82) is 0 Å². The number of aromatic nitrogens is 2. The van der Waals surface area contributed by atoms with Gasteiger partial charge in [0.2, 0.25) is 0 Å². The lowest BCUT2D eigenvalue weighted by molar-refractivity contribution is -0.286. The van der Waals surface area contributed by atoms with Crippen molar-refractivity contribution < 1.29 is 27.4 Å². The van der Waals surface area contributed by atoms with Crippen LogP contribution in [-0.4, -0.2) is 45.9 Å². The Balaban J connectivity index is 1.48. The molecular formula is C21H18F3N3O3. The molecule has 4 heterocycles. The summed E-state index contributed by atoms with van der Waals surface area (Å²) in [6.45, 7) is 2.66. The topological polar surface area (TPSA) is 56.6 Å². The van der Waals surface area contributed by atoms with Crippen LogP contribution in [0.4, 0.5) is 13.2 Å². The van der Waals surface area contributed by atoms with E-state index in [4.69, 9.17) is 0 Å². The first-order chi connectivity index (χ1) is 14.3. The van der Waals surface area contributed by atoms with Gasteiger partial charge in [-0.15, -0.1) is 8.78 Å². The van der Waals surface area contributed by atoms with Gasteiger partial charge in [-0.3, -0.25) is 4.79 Å². The summed E-state index contributed by atoms with van der Waals surface area (Å²) >= 11 is 0. The lowest BCUT2D eigenvalue weighted by atomic mass is 10.1. The highest BCUT2D eigenvalue weighted by molar-refractivity contribution is 5.98. The number of alkyl halides is 3. The van der Waals surface area contributed by atoms with Gasteiger partial charge in [0.25, 0.3) is 5.91 Å². The number of hydrogen-bond acceptors (Lipinski definition) is 4. The fraction of sp³-hybridized carbons (Fsp3) is 0.333. The fourth-order valence-corrected chi connectivity index (χ4v) is 3.90. The van der Waals surface area contributed by atoms with Gasteiger partial charge in [-0.25, -0.2) is 9.37 Å². The quantitative estimate of drug-likeness (QED) is 0.626. The summed E-state index contributed by atoms with van der Waals surface area (Å²) in [4.78, 5) is 18.9. The van der Waals surface area contributed by atoms with Gasteiger partial charge < -0.3 is 18.9 Å². The molecule has 1 fully saturated rings. The molecule has 5 rings (SSSR count). The molecule has 156 valence electrons. The molecule has 2 aliphatic rings. The Morgan fingerprint density at radius 3 is 2.67 bits per heavy atom. The van der Waals surface area contributed by atoms with Gasteiger partial charge in [0.1, 0.15) is 11.8 Å². The molecule has 0 radical (unpaired) electrons. The van der Waals surface area contributed by atoms with E-state index in [0.717, 1.165) is 10.9 Å². The van der Waals surface area contributed by atoms with Gasteiger partial charge in [-0.2, -0.15) is 0 Å². The lowest BCUT2D eigenvalue weighted by Crippen LogP contribution is -2.39. The largest absolute Gasteiger partial charge is 0.586 e. The number of benzene rings is 1. The Morgan fingerprint density at radius 1 is 1.17 bits per heavy atom. The van der Waals surface area contributed by atoms with E-state index in [0.29, 0.717) is 42.8 Å². The third-order valence-electron chi connectivity index (χ3n) is 5.46. The lowest BCUT2D eigenvalue weighted by Gasteiger charge is -2.28. The number of aryl methyl sites for hydroxylation is 1. The zero-order chi connectivity index (χ0) is 21.0. The smallest absolute Gasteiger partial charge is 0.395 e. The number of nitrogens with zero attached hydrogens (tertiary/aromatic N) is 3. The molecule has 0 saturated carbocycles. The van der Waals surface area contributed by atoms with Crippen molar-refractivity contribution in [3.8, 4) is 17.2 Å². The maximum Gasteiger partial charge on any atom is 0.586 e. The van der Waals surface area contributed by atoms with E-state index < -0.39 is 12.5 Å². The number of rotatable bonds is 2. The number of piperidine rings is 1. The number of fused-ring (bicyclic) bond motifs is 2. The van der Waals surface area contributed by atoms with Gasteiger partial charge in [0.15, 0.2) is 11.5 Å². The number of carbonyl (C=O) groups is 1. The third kappa shape index (κ3) is 3.14. The van der Waals surface area contributed by atoms with E-state index in [1.807, 2.05) is 13.1 Å². The maximum absolute atomic E-state index is 13.4. The van der Waals surface area contributed by atoms with Crippen LogP contribution < -0.4 is 9.47 Å². The van der Waals surface area contributed by atoms with Crippen LogP contribution in [0.1, 0.15) is 28.8 Å². The molecule has 0 N–H and O–H groups in total. The number of pyridine rings is 1. The van der Waals surface area contributed by atoms with Crippen molar-refractivity contribution in [2.45, 2.75) is 32.2 Å². The molecule has 2 aromatic heterocycles. The highest BCUT2D eigenvalue weighted by Crippen LogP contribution is 2.42. The van der Waals surface area contributed by atoms with Crippen molar-refractivity contribution in [2.24, 2.45) is 0 Å². The first-order valence-corrected chi connectivity index (χ1v) is 9.62. The summed E-state index contributed by atoms with van der Waals surface area (Å²) in [5.41, 5.74) is 2.46. The molecule has 0 unspecified atom stereocenters. The molecule has 1 amide bonds.